The van der Waals surface area contributed by atoms with Crippen LogP contribution >= 0.6 is 0 Å². The molecule has 0 saturated carbocycles. The highest BCUT2D eigenvalue weighted by molar-refractivity contribution is 5.78. The lowest BCUT2D eigenvalue weighted by Crippen LogP contribution is -2.47. The molecule has 1 aliphatic rings. The molecule has 1 saturated heterocycles. The Morgan fingerprint density at radius 3 is 2.61 bits per heavy atom. The molecule has 0 radical (unpaired) electrons. The fourth-order valence-corrected chi connectivity index (χ4v) is 2.73. The van der Waals surface area contributed by atoms with Crippen molar-refractivity contribution in [2.24, 2.45) is 11.8 Å². The van der Waals surface area contributed by atoms with E-state index in [9.17, 15) is 4.79 Å². The molecule has 18 heavy (non-hydrogen) atoms. The van der Waals surface area contributed by atoms with Crippen molar-refractivity contribution in [3.8, 4) is 0 Å². The smallest absolute Gasteiger partial charge is 0.223 e. The Balaban J connectivity index is 2.39. The number of nitrogens with zero attached hydrogens (tertiary/aromatic N) is 1. The molecule has 1 rings (SSSR count). The number of rotatable bonds is 5. The summed E-state index contributed by atoms with van der Waals surface area (Å²) in [5.41, 5.74) is 0. The summed E-state index contributed by atoms with van der Waals surface area (Å²) in [6.45, 7) is 8.26. The third kappa shape index (κ3) is 4.58. The van der Waals surface area contributed by atoms with Gasteiger partial charge in [-0.2, -0.15) is 0 Å². The number of likely N-dealkylation sites (N-methyl/N-ethyl adjacent to an activating group) is 1. The van der Waals surface area contributed by atoms with Gasteiger partial charge in [0.2, 0.25) is 5.91 Å². The van der Waals surface area contributed by atoms with E-state index in [-0.39, 0.29) is 11.8 Å². The minimum absolute atomic E-state index is 0.191. The largest absolute Gasteiger partial charge is 0.354 e. The monoisotopic (exact) mass is 255 g/mol. The Hall–Kier alpha value is -0.610. The first-order valence-corrected chi connectivity index (χ1v) is 7.09. The highest BCUT2D eigenvalue weighted by Gasteiger charge is 2.25. The van der Waals surface area contributed by atoms with Crippen molar-refractivity contribution in [3.05, 3.63) is 0 Å². The van der Waals surface area contributed by atoms with Gasteiger partial charge in [-0.25, -0.2) is 0 Å². The van der Waals surface area contributed by atoms with Gasteiger partial charge >= 0.3 is 0 Å². The Bertz CT molecular complexity index is 258. The van der Waals surface area contributed by atoms with E-state index < -0.39 is 0 Å². The number of nitrogens with one attached hydrogen (secondary N) is 2. The summed E-state index contributed by atoms with van der Waals surface area (Å²) >= 11 is 0. The zero-order valence-corrected chi connectivity index (χ0v) is 12.5. The van der Waals surface area contributed by atoms with E-state index in [1.54, 1.807) is 0 Å². The van der Waals surface area contributed by atoms with E-state index in [0.717, 1.165) is 25.9 Å². The number of amides is 1. The van der Waals surface area contributed by atoms with Crippen molar-refractivity contribution < 1.29 is 4.79 Å². The molecule has 0 spiro atoms. The maximum absolute atomic E-state index is 12.1. The SMILES string of the molecule is CC1CC(C(=O)NCC(C(C)C)N(C)C)CCN1. The number of carbonyl (C=O) groups is 1. The second-order valence-electron chi connectivity index (χ2n) is 6.10. The molecule has 0 aromatic carbocycles. The number of carbonyl (C=O) groups excluding carboxylic acids is 1. The molecule has 3 unspecified atom stereocenters. The van der Waals surface area contributed by atoms with Crippen molar-refractivity contribution in [2.45, 2.75) is 45.7 Å². The Morgan fingerprint density at radius 1 is 1.44 bits per heavy atom. The molecule has 1 heterocycles. The first-order chi connectivity index (χ1) is 8.41. The molecule has 0 aromatic heterocycles. The average Bonchev–Trinajstić information content (AvgIpc) is 2.28. The third-order valence-electron chi connectivity index (χ3n) is 3.91. The van der Waals surface area contributed by atoms with Crippen molar-refractivity contribution >= 4 is 5.91 Å². The van der Waals surface area contributed by atoms with E-state index in [1.807, 2.05) is 0 Å². The molecule has 1 fully saturated rings. The van der Waals surface area contributed by atoms with Gasteiger partial charge in [-0.15, -0.1) is 0 Å². The van der Waals surface area contributed by atoms with Gasteiger partial charge in [0.1, 0.15) is 0 Å². The molecule has 2 N–H and O–H groups in total. The third-order valence-corrected chi connectivity index (χ3v) is 3.91. The fraction of sp³-hybridized carbons (Fsp3) is 0.929. The van der Waals surface area contributed by atoms with Gasteiger partial charge in [-0.3, -0.25) is 4.79 Å². The lowest BCUT2D eigenvalue weighted by Gasteiger charge is -2.30. The second kappa shape index (κ2) is 7.10. The molecular weight excluding hydrogens is 226 g/mol. The van der Waals surface area contributed by atoms with Gasteiger partial charge in [-0.05, 0) is 46.3 Å². The van der Waals surface area contributed by atoms with Crippen LogP contribution in [-0.2, 0) is 4.79 Å². The van der Waals surface area contributed by atoms with Gasteiger partial charge in [0, 0.05) is 24.5 Å². The van der Waals surface area contributed by atoms with Crippen LogP contribution in [0.25, 0.3) is 0 Å². The number of piperidine rings is 1. The molecule has 4 nitrogen and oxygen atoms in total. The first-order valence-electron chi connectivity index (χ1n) is 7.09. The molecule has 0 aliphatic carbocycles. The van der Waals surface area contributed by atoms with Crippen LogP contribution in [-0.4, -0.2) is 50.1 Å². The highest BCUT2D eigenvalue weighted by Crippen LogP contribution is 2.16. The summed E-state index contributed by atoms with van der Waals surface area (Å²) < 4.78 is 0. The summed E-state index contributed by atoms with van der Waals surface area (Å²) in [6.07, 6.45) is 1.92. The Kier molecular flexibility index (Phi) is 6.09. The number of hydrogen-bond donors (Lipinski definition) is 2. The molecule has 1 amide bonds. The van der Waals surface area contributed by atoms with E-state index in [0.29, 0.717) is 18.0 Å². The van der Waals surface area contributed by atoms with Gasteiger partial charge < -0.3 is 15.5 Å². The maximum Gasteiger partial charge on any atom is 0.223 e. The summed E-state index contributed by atoms with van der Waals surface area (Å²) in [4.78, 5) is 14.3. The summed E-state index contributed by atoms with van der Waals surface area (Å²) in [5, 5.41) is 6.51. The van der Waals surface area contributed by atoms with Crippen LogP contribution in [0.15, 0.2) is 0 Å². The Morgan fingerprint density at radius 2 is 2.11 bits per heavy atom. The topological polar surface area (TPSA) is 44.4 Å². The van der Waals surface area contributed by atoms with E-state index in [1.165, 1.54) is 0 Å². The minimum atomic E-state index is 0.191. The van der Waals surface area contributed by atoms with Crippen molar-refractivity contribution in [1.82, 2.24) is 15.5 Å². The maximum atomic E-state index is 12.1. The minimum Gasteiger partial charge on any atom is -0.354 e. The van der Waals surface area contributed by atoms with Crippen molar-refractivity contribution in [2.75, 3.05) is 27.2 Å². The highest BCUT2D eigenvalue weighted by atomic mass is 16.1. The predicted molar refractivity (Wildman–Crippen MR) is 75.5 cm³/mol. The van der Waals surface area contributed by atoms with Crippen LogP contribution in [0.4, 0.5) is 0 Å². The van der Waals surface area contributed by atoms with Crippen LogP contribution in [0.5, 0.6) is 0 Å². The fourth-order valence-electron chi connectivity index (χ4n) is 2.73. The molecule has 1 aliphatic heterocycles. The van der Waals surface area contributed by atoms with Crippen LogP contribution in [0.2, 0.25) is 0 Å². The quantitative estimate of drug-likeness (QED) is 0.772. The van der Waals surface area contributed by atoms with E-state index in [2.05, 4.69) is 50.4 Å². The summed E-state index contributed by atoms with van der Waals surface area (Å²) in [6, 6.07) is 0.873. The van der Waals surface area contributed by atoms with Crippen LogP contribution in [0, 0.1) is 11.8 Å². The molecule has 0 aromatic rings. The molecule has 106 valence electrons. The second-order valence-corrected chi connectivity index (χ2v) is 6.10. The zero-order chi connectivity index (χ0) is 13.7. The molecule has 0 bridgehead atoms. The summed E-state index contributed by atoms with van der Waals surface area (Å²) in [7, 11) is 4.15. The molecular formula is C14H29N3O. The van der Waals surface area contributed by atoms with Gasteiger partial charge in [0.25, 0.3) is 0 Å². The lowest BCUT2D eigenvalue weighted by molar-refractivity contribution is -0.126. The Labute approximate surface area is 111 Å². The van der Waals surface area contributed by atoms with Gasteiger partial charge in [-0.1, -0.05) is 13.8 Å². The van der Waals surface area contributed by atoms with Crippen LogP contribution in [0.3, 0.4) is 0 Å². The zero-order valence-electron chi connectivity index (χ0n) is 12.5. The van der Waals surface area contributed by atoms with Crippen molar-refractivity contribution in [1.29, 1.82) is 0 Å². The van der Waals surface area contributed by atoms with Gasteiger partial charge in [0.15, 0.2) is 0 Å². The predicted octanol–water partition coefficient (Wildman–Crippen LogP) is 1.08. The van der Waals surface area contributed by atoms with Crippen molar-refractivity contribution in [3.63, 3.8) is 0 Å². The molecule has 4 heteroatoms. The first kappa shape index (κ1) is 15.4. The lowest BCUT2D eigenvalue weighted by atomic mass is 9.92. The summed E-state index contributed by atoms with van der Waals surface area (Å²) in [5.74, 6) is 0.972. The van der Waals surface area contributed by atoms with Crippen LogP contribution < -0.4 is 10.6 Å². The standard InChI is InChI=1S/C14H29N3O/c1-10(2)13(17(4)5)9-16-14(18)12-6-7-15-11(3)8-12/h10-13,15H,6-9H2,1-5H3,(H,16,18). The average molecular weight is 255 g/mol. The number of hydrogen-bond acceptors (Lipinski definition) is 3. The van der Waals surface area contributed by atoms with Crippen LogP contribution in [0.1, 0.15) is 33.6 Å². The normalized spacial score (nSPS) is 26.4. The molecule has 3 atom stereocenters. The van der Waals surface area contributed by atoms with Gasteiger partial charge in [0.05, 0.1) is 0 Å². The van der Waals surface area contributed by atoms with E-state index >= 15 is 0 Å². The van der Waals surface area contributed by atoms with E-state index in [4.69, 9.17) is 0 Å².